The van der Waals surface area contributed by atoms with Gasteiger partial charge in [0.1, 0.15) is 0 Å². The number of benzene rings is 1. The largest absolute Gasteiger partial charge is 0.478 e. The zero-order valence-corrected chi connectivity index (χ0v) is 10.6. The number of carboxylic acid groups (broad SMARTS) is 1. The summed E-state index contributed by atoms with van der Waals surface area (Å²) in [4.78, 5) is 22.4. The van der Waals surface area contributed by atoms with E-state index in [1.54, 1.807) is 24.3 Å². The Morgan fingerprint density at radius 3 is 2.55 bits per heavy atom. The third kappa shape index (κ3) is 2.61. The summed E-state index contributed by atoms with van der Waals surface area (Å²) in [5.41, 5.74) is 17.0. The molecule has 1 amide bonds. The van der Waals surface area contributed by atoms with Crippen LogP contribution in [-0.2, 0) is 4.79 Å². The van der Waals surface area contributed by atoms with Gasteiger partial charge >= 0.3 is 5.97 Å². The van der Waals surface area contributed by atoms with Crippen LogP contribution in [0.25, 0.3) is 5.57 Å². The van der Waals surface area contributed by atoms with Gasteiger partial charge in [-0.2, -0.15) is 0 Å². The van der Waals surface area contributed by atoms with E-state index in [1.807, 2.05) is 0 Å². The molecular formula is C14H15N3O3. The van der Waals surface area contributed by atoms with Gasteiger partial charge in [0, 0.05) is 0 Å². The first-order chi connectivity index (χ1) is 9.31. The monoisotopic (exact) mass is 273 g/mol. The van der Waals surface area contributed by atoms with Crippen molar-refractivity contribution in [1.29, 1.82) is 0 Å². The van der Waals surface area contributed by atoms with E-state index in [1.165, 1.54) is 18.2 Å². The van der Waals surface area contributed by atoms with Crippen LogP contribution in [-0.4, -0.2) is 22.6 Å². The molecular weight excluding hydrogens is 258 g/mol. The zero-order chi connectivity index (χ0) is 14.9. The molecule has 1 unspecified atom stereocenters. The number of hydrogen-bond acceptors (Lipinski definition) is 4. The summed E-state index contributed by atoms with van der Waals surface area (Å²) in [5.74, 6) is -2.51. The summed E-state index contributed by atoms with van der Waals surface area (Å²) in [6, 6.07) is 6.36. The van der Waals surface area contributed by atoms with Crippen LogP contribution in [0.1, 0.15) is 15.9 Å². The van der Waals surface area contributed by atoms with Crippen molar-refractivity contribution in [2.75, 3.05) is 0 Å². The molecule has 1 aliphatic carbocycles. The minimum Gasteiger partial charge on any atom is -0.478 e. The van der Waals surface area contributed by atoms with Crippen molar-refractivity contribution in [1.82, 2.24) is 0 Å². The maximum atomic E-state index is 11.4. The minimum absolute atomic E-state index is 0.157. The first-order valence-electron chi connectivity index (χ1n) is 5.93. The summed E-state index contributed by atoms with van der Waals surface area (Å²) in [6.45, 7) is 0. The molecule has 104 valence electrons. The highest BCUT2D eigenvalue weighted by molar-refractivity contribution is 5.91. The number of primary amides is 1. The van der Waals surface area contributed by atoms with Gasteiger partial charge in [0.05, 0.1) is 17.1 Å². The molecule has 7 N–H and O–H groups in total. The number of hydrogen-bond donors (Lipinski definition) is 4. The molecule has 1 aromatic carbocycles. The van der Waals surface area contributed by atoms with Crippen molar-refractivity contribution < 1.29 is 14.7 Å². The smallest absolute Gasteiger partial charge is 0.335 e. The Morgan fingerprint density at radius 2 is 1.95 bits per heavy atom. The number of carboxylic acids is 1. The van der Waals surface area contributed by atoms with E-state index in [-0.39, 0.29) is 5.56 Å². The van der Waals surface area contributed by atoms with E-state index in [0.717, 1.165) is 0 Å². The molecule has 1 aliphatic rings. The van der Waals surface area contributed by atoms with E-state index < -0.39 is 23.5 Å². The van der Waals surface area contributed by atoms with Crippen molar-refractivity contribution in [2.45, 2.75) is 5.66 Å². The van der Waals surface area contributed by atoms with E-state index in [2.05, 4.69) is 0 Å². The number of rotatable bonds is 3. The molecule has 1 aromatic rings. The summed E-state index contributed by atoms with van der Waals surface area (Å²) in [7, 11) is 0. The van der Waals surface area contributed by atoms with E-state index >= 15 is 0 Å². The Labute approximate surface area is 115 Å². The molecule has 0 spiro atoms. The molecule has 20 heavy (non-hydrogen) atoms. The van der Waals surface area contributed by atoms with Gasteiger partial charge in [0.25, 0.3) is 0 Å². The first kappa shape index (κ1) is 14.0. The third-order valence-corrected chi connectivity index (χ3v) is 3.19. The van der Waals surface area contributed by atoms with Gasteiger partial charge in [-0.25, -0.2) is 4.79 Å². The predicted molar refractivity (Wildman–Crippen MR) is 74.3 cm³/mol. The van der Waals surface area contributed by atoms with Crippen LogP contribution in [0.5, 0.6) is 0 Å². The Hall–Kier alpha value is -2.44. The number of amides is 1. The normalized spacial score (nSPS) is 20.3. The maximum absolute atomic E-state index is 11.4. The van der Waals surface area contributed by atoms with Gasteiger partial charge < -0.3 is 22.3 Å². The van der Waals surface area contributed by atoms with Gasteiger partial charge in [-0.1, -0.05) is 24.3 Å². The number of aromatic carboxylic acids is 1. The molecule has 0 fully saturated rings. The lowest BCUT2D eigenvalue weighted by Gasteiger charge is -2.30. The van der Waals surface area contributed by atoms with Crippen LogP contribution < -0.4 is 17.2 Å². The van der Waals surface area contributed by atoms with Crippen LogP contribution in [0, 0.1) is 5.92 Å². The molecule has 2 rings (SSSR count). The highest BCUT2D eigenvalue weighted by Gasteiger charge is 2.34. The second kappa shape index (κ2) is 4.92. The third-order valence-electron chi connectivity index (χ3n) is 3.19. The predicted octanol–water partition coefficient (Wildman–Crippen LogP) is 0.0532. The molecule has 0 aliphatic heterocycles. The molecule has 1 atom stereocenters. The van der Waals surface area contributed by atoms with Crippen molar-refractivity contribution in [3.8, 4) is 0 Å². The molecule has 0 saturated carbocycles. The molecule has 0 saturated heterocycles. The standard InChI is InChI=1S/C14H15N3O3/c15-12(18)11-7-9(4-5-14(11,16)17)8-2-1-3-10(6-8)13(19)20/h1-7,11H,16-17H2,(H2,15,18)(H,19,20). The van der Waals surface area contributed by atoms with Gasteiger partial charge in [-0.3, -0.25) is 4.79 Å². The van der Waals surface area contributed by atoms with Crippen LogP contribution in [0.2, 0.25) is 0 Å². The summed E-state index contributed by atoms with van der Waals surface area (Å²) < 4.78 is 0. The lowest BCUT2D eigenvalue weighted by molar-refractivity contribution is -0.121. The van der Waals surface area contributed by atoms with Crippen LogP contribution in [0.4, 0.5) is 0 Å². The Bertz CT molecular complexity index is 632. The fourth-order valence-electron chi connectivity index (χ4n) is 2.07. The molecule has 6 nitrogen and oxygen atoms in total. The van der Waals surface area contributed by atoms with Gasteiger partial charge in [-0.05, 0) is 29.3 Å². The van der Waals surface area contributed by atoms with Gasteiger partial charge in [0.2, 0.25) is 5.91 Å². The molecule has 0 aromatic heterocycles. The van der Waals surface area contributed by atoms with Gasteiger partial charge in [-0.15, -0.1) is 0 Å². The maximum Gasteiger partial charge on any atom is 0.335 e. The molecule has 0 radical (unpaired) electrons. The minimum atomic E-state index is -1.33. The average molecular weight is 273 g/mol. The Balaban J connectivity index is 2.43. The average Bonchev–Trinajstić information content (AvgIpc) is 2.38. The second-order valence-electron chi connectivity index (χ2n) is 4.72. The lowest BCUT2D eigenvalue weighted by atomic mass is 9.84. The molecule has 0 bridgehead atoms. The quantitative estimate of drug-likeness (QED) is 0.578. The summed E-state index contributed by atoms with van der Waals surface area (Å²) in [6.07, 6.45) is 4.70. The molecule has 6 heteroatoms. The Morgan fingerprint density at radius 1 is 1.25 bits per heavy atom. The fraction of sp³-hybridized carbons (Fsp3) is 0.143. The number of nitrogens with two attached hydrogens (primary N) is 3. The van der Waals surface area contributed by atoms with Crippen LogP contribution >= 0.6 is 0 Å². The van der Waals surface area contributed by atoms with Crippen molar-refractivity contribution in [2.24, 2.45) is 23.1 Å². The van der Waals surface area contributed by atoms with E-state index in [0.29, 0.717) is 11.1 Å². The lowest BCUT2D eigenvalue weighted by Crippen LogP contribution is -2.58. The fourth-order valence-corrected chi connectivity index (χ4v) is 2.07. The highest BCUT2D eigenvalue weighted by atomic mass is 16.4. The van der Waals surface area contributed by atoms with Crippen LogP contribution in [0.3, 0.4) is 0 Å². The van der Waals surface area contributed by atoms with Crippen LogP contribution in [0.15, 0.2) is 42.5 Å². The number of carbonyl (C=O) groups is 2. The van der Waals surface area contributed by atoms with E-state index in [9.17, 15) is 9.59 Å². The SMILES string of the molecule is NC(=O)C1C=C(c2cccc(C(=O)O)c2)C=CC1(N)N. The number of allylic oxidation sites excluding steroid dienone is 2. The van der Waals surface area contributed by atoms with Gasteiger partial charge in [0.15, 0.2) is 0 Å². The molecule has 0 heterocycles. The summed E-state index contributed by atoms with van der Waals surface area (Å²) in [5, 5.41) is 8.98. The first-order valence-corrected chi connectivity index (χ1v) is 5.93. The van der Waals surface area contributed by atoms with Crippen molar-refractivity contribution >= 4 is 17.4 Å². The second-order valence-corrected chi connectivity index (χ2v) is 4.72. The van der Waals surface area contributed by atoms with Crippen molar-refractivity contribution in [3.05, 3.63) is 53.6 Å². The Kier molecular flexibility index (Phi) is 3.44. The topological polar surface area (TPSA) is 132 Å². The van der Waals surface area contributed by atoms with Crippen molar-refractivity contribution in [3.63, 3.8) is 0 Å². The van der Waals surface area contributed by atoms with E-state index in [4.69, 9.17) is 22.3 Å². The highest BCUT2D eigenvalue weighted by Crippen LogP contribution is 2.27. The zero-order valence-electron chi connectivity index (χ0n) is 10.6. The summed E-state index contributed by atoms with van der Waals surface area (Å²) >= 11 is 0. The number of carbonyl (C=O) groups excluding carboxylic acids is 1.